The fourth-order valence-electron chi connectivity index (χ4n) is 4.40. The average molecular weight is 515 g/mol. The highest BCUT2D eigenvalue weighted by Crippen LogP contribution is 2.35. The number of rotatable bonds is 11. The molecule has 0 unspecified atom stereocenters. The van der Waals surface area contributed by atoms with E-state index in [4.69, 9.17) is 14.9 Å². The van der Waals surface area contributed by atoms with Gasteiger partial charge in [-0.25, -0.2) is 4.68 Å². The fraction of sp³-hybridized carbons (Fsp3) is 0.323. The topological polar surface area (TPSA) is 67.5 Å². The minimum absolute atomic E-state index is 0.113. The Morgan fingerprint density at radius 3 is 2.51 bits per heavy atom. The Balaban J connectivity index is 1.70. The van der Waals surface area contributed by atoms with Crippen molar-refractivity contribution in [3.05, 3.63) is 83.0 Å². The molecular weight excluding hydrogens is 476 g/mol. The predicted molar refractivity (Wildman–Crippen MR) is 156 cm³/mol. The summed E-state index contributed by atoms with van der Waals surface area (Å²) in [6.45, 7) is 10.3. The van der Waals surface area contributed by atoms with Crippen molar-refractivity contribution in [2.75, 3.05) is 13.2 Å². The summed E-state index contributed by atoms with van der Waals surface area (Å²) in [5.41, 5.74) is 6.75. The van der Waals surface area contributed by atoms with E-state index in [1.54, 1.807) is 0 Å². The molecule has 6 heteroatoms. The maximum Gasteiger partial charge on any atom is 0.140 e. The summed E-state index contributed by atoms with van der Waals surface area (Å²) in [6.07, 6.45) is 5.43. The Morgan fingerprint density at radius 1 is 1.00 bits per heavy atom. The number of aryl methyl sites for hydroxylation is 1. The van der Waals surface area contributed by atoms with Crippen molar-refractivity contribution in [3.63, 3.8) is 0 Å². The number of aliphatic hydroxyl groups excluding tert-OH is 1. The van der Waals surface area contributed by atoms with Crippen LogP contribution in [-0.2, 0) is 17.9 Å². The van der Waals surface area contributed by atoms with Gasteiger partial charge in [0.15, 0.2) is 0 Å². The first-order chi connectivity index (χ1) is 17.8. The summed E-state index contributed by atoms with van der Waals surface area (Å²) in [5, 5.41) is 25.9. The molecule has 0 spiro atoms. The number of aliphatic hydroxyl groups is 1. The van der Waals surface area contributed by atoms with E-state index in [1.165, 1.54) is 0 Å². The van der Waals surface area contributed by atoms with Crippen molar-refractivity contribution in [2.45, 2.75) is 52.2 Å². The first kappa shape index (κ1) is 26.9. The van der Waals surface area contributed by atoms with Crippen LogP contribution in [0, 0.1) is 6.92 Å². The Bertz CT molecular complexity index is 1370. The third-order valence-electron chi connectivity index (χ3n) is 6.65. The second-order valence-electron chi connectivity index (χ2n) is 10.8. The second kappa shape index (κ2) is 11.9. The van der Waals surface area contributed by atoms with Crippen molar-refractivity contribution in [1.29, 1.82) is 0 Å². The largest absolute Gasteiger partial charge is 0.507 e. The highest BCUT2D eigenvalue weighted by atomic mass is 28.3. The van der Waals surface area contributed by atoms with E-state index in [0.717, 1.165) is 57.1 Å². The minimum Gasteiger partial charge on any atom is -0.507 e. The predicted octanol–water partition coefficient (Wildman–Crippen LogP) is 7.12. The molecule has 0 amide bonds. The molecular formula is C31H38N2O3Si. The van der Waals surface area contributed by atoms with Crippen LogP contribution < -0.4 is 0 Å². The zero-order valence-electron chi connectivity index (χ0n) is 22.4. The van der Waals surface area contributed by atoms with Gasteiger partial charge in [-0.1, -0.05) is 74.2 Å². The van der Waals surface area contributed by atoms with Crippen molar-refractivity contribution in [1.82, 2.24) is 9.78 Å². The lowest BCUT2D eigenvalue weighted by Gasteiger charge is -2.15. The number of phenolic OH excluding ortho intramolecular Hbond substituents is 1. The smallest absolute Gasteiger partial charge is 0.140 e. The van der Waals surface area contributed by atoms with E-state index in [-0.39, 0.29) is 6.61 Å². The second-order valence-corrected chi connectivity index (χ2v) is 16.4. The van der Waals surface area contributed by atoms with Gasteiger partial charge in [0, 0.05) is 26.7 Å². The molecule has 5 nitrogen and oxygen atoms in total. The molecule has 2 N–H and O–H groups in total. The molecule has 37 heavy (non-hydrogen) atoms. The van der Waals surface area contributed by atoms with Crippen LogP contribution in [0.3, 0.4) is 0 Å². The van der Waals surface area contributed by atoms with Gasteiger partial charge < -0.3 is 14.9 Å². The summed E-state index contributed by atoms with van der Waals surface area (Å²) < 4.78 is 7.98. The number of nitrogens with zero attached hydrogens (tertiary/aromatic N) is 2. The van der Waals surface area contributed by atoms with Crippen LogP contribution in [0.5, 0.6) is 5.75 Å². The zero-order chi connectivity index (χ0) is 26.4. The van der Waals surface area contributed by atoms with Gasteiger partial charge in [-0.05, 0) is 71.8 Å². The van der Waals surface area contributed by atoms with Gasteiger partial charge in [0.05, 0.1) is 11.2 Å². The van der Waals surface area contributed by atoms with E-state index in [1.807, 2.05) is 35.9 Å². The molecule has 0 aliphatic carbocycles. The van der Waals surface area contributed by atoms with Crippen LogP contribution in [0.25, 0.3) is 34.2 Å². The Hall–Kier alpha value is -3.19. The number of hydrogen-bond acceptors (Lipinski definition) is 4. The van der Waals surface area contributed by atoms with E-state index < -0.39 is 8.07 Å². The van der Waals surface area contributed by atoms with Gasteiger partial charge in [0.1, 0.15) is 12.5 Å². The molecule has 194 valence electrons. The van der Waals surface area contributed by atoms with Crippen LogP contribution in [0.15, 0.2) is 60.7 Å². The highest BCUT2D eigenvalue weighted by molar-refractivity contribution is 6.76. The molecule has 0 bridgehead atoms. The molecule has 0 aliphatic rings. The maximum atomic E-state index is 10.8. The maximum absolute atomic E-state index is 10.8. The van der Waals surface area contributed by atoms with Crippen molar-refractivity contribution < 1.29 is 14.9 Å². The van der Waals surface area contributed by atoms with Crippen LogP contribution in [-0.4, -0.2) is 41.3 Å². The fourth-order valence-corrected chi connectivity index (χ4v) is 5.16. The number of fused-ring (bicyclic) bond motifs is 1. The molecule has 0 radical (unpaired) electrons. The van der Waals surface area contributed by atoms with Crippen LogP contribution in [0.1, 0.15) is 28.8 Å². The van der Waals surface area contributed by atoms with Gasteiger partial charge in [-0.2, -0.15) is 5.10 Å². The van der Waals surface area contributed by atoms with Crippen LogP contribution >= 0.6 is 0 Å². The Morgan fingerprint density at radius 2 is 1.78 bits per heavy atom. The van der Waals surface area contributed by atoms with Crippen LogP contribution in [0.4, 0.5) is 0 Å². The molecule has 0 saturated carbocycles. The molecule has 0 aliphatic heterocycles. The average Bonchev–Trinajstić information content (AvgIpc) is 3.23. The normalized spacial score (nSPS) is 12.1. The summed E-state index contributed by atoms with van der Waals surface area (Å²) in [5.74, 6) is 0.307. The quantitative estimate of drug-likeness (QED) is 0.165. The van der Waals surface area contributed by atoms with E-state index in [9.17, 15) is 5.11 Å². The number of ether oxygens (including phenoxy) is 1. The van der Waals surface area contributed by atoms with Gasteiger partial charge in [0.25, 0.3) is 0 Å². The Labute approximate surface area is 221 Å². The monoisotopic (exact) mass is 514 g/mol. The van der Waals surface area contributed by atoms with Crippen molar-refractivity contribution in [2.24, 2.45) is 0 Å². The van der Waals surface area contributed by atoms with Gasteiger partial charge in [-0.15, -0.1) is 0 Å². The molecule has 0 saturated heterocycles. The van der Waals surface area contributed by atoms with E-state index in [2.05, 4.69) is 68.2 Å². The molecule has 1 heterocycles. The number of hydrogen-bond donors (Lipinski definition) is 2. The lowest BCUT2D eigenvalue weighted by molar-refractivity contribution is 0.0816. The molecule has 3 aromatic carbocycles. The summed E-state index contributed by atoms with van der Waals surface area (Å²) in [6, 6.07) is 21.7. The summed E-state index contributed by atoms with van der Waals surface area (Å²) in [4.78, 5) is 0. The van der Waals surface area contributed by atoms with E-state index in [0.29, 0.717) is 25.3 Å². The number of aromatic nitrogens is 2. The summed E-state index contributed by atoms with van der Waals surface area (Å²) in [7, 11) is -1.16. The van der Waals surface area contributed by atoms with E-state index >= 15 is 0 Å². The third kappa shape index (κ3) is 6.77. The van der Waals surface area contributed by atoms with Crippen molar-refractivity contribution in [3.8, 4) is 16.9 Å². The van der Waals surface area contributed by atoms with Crippen molar-refractivity contribution >= 4 is 31.1 Å². The molecule has 0 fully saturated rings. The lowest BCUT2D eigenvalue weighted by Crippen LogP contribution is -2.22. The standard InChI is InChI=1S/C31H38N2O3Si/c1-23-27(15-13-25(31(23)35)11-8-18-34)26-14-17-30-28(21-26)29(16-12-24-9-6-5-7-10-24)32-33(30)22-36-19-20-37(2,3)4/h5-7,9-10,12-17,21,34-35H,8,11,18-20,22H2,1-4H3/b16-12+. The highest BCUT2D eigenvalue weighted by Gasteiger charge is 2.15. The first-order valence-corrected chi connectivity index (χ1v) is 16.7. The van der Waals surface area contributed by atoms with Gasteiger partial charge >= 0.3 is 0 Å². The molecule has 4 aromatic rings. The lowest BCUT2D eigenvalue weighted by atomic mass is 9.94. The molecule has 4 rings (SSSR count). The SMILES string of the molecule is Cc1c(-c2ccc3c(c2)c(/C=C/c2ccccc2)nn3COCC[Si](C)(C)C)ccc(CCCO)c1O. The first-order valence-electron chi connectivity index (χ1n) is 13.0. The van der Waals surface area contributed by atoms with Gasteiger partial charge in [0.2, 0.25) is 0 Å². The van der Waals surface area contributed by atoms with Gasteiger partial charge in [-0.3, -0.25) is 0 Å². The minimum atomic E-state index is -1.16. The Kier molecular flexibility index (Phi) is 8.64. The summed E-state index contributed by atoms with van der Waals surface area (Å²) >= 11 is 0. The molecule has 0 atom stereocenters. The molecule has 1 aromatic heterocycles. The van der Waals surface area contributed by atoms with Crippen LogP contribution in [0.2, 0.25) is 25.7 Å². The number of benzene rings is 3. The zero-order valence-corrected chi connectivity index (χ0v) is 23.4. The number of aromatic hydroxyl groups is 1. The number of phenols is 1. The third-order valence-corrected chi connectivity index (χ3v) is 8.36.